The van der Waals surface area contributed by atoms with Crippen molar-refractivity contribution in [2.45, 2.75) is 12.8 Å². The Morgan fingerprint density at radius 1 is 1.25 bits per heavy atom. The number of halogens is 1. The summed E-state index contributed by atoms with van der Waals surface area (Å²) < 4.78 is 9.84. The minimum Gasteiger partial charge on any atom is -0.497 e. The van der Waals surface area contributed by atoms with E-state index in [1.165, 1.54) is 12.8 Å². The summed E-state index contributed by atoms with van der Waals surface area (Å²) in [5.74, 6) is 0.715. The van der Waals surface area contributed by atoms with Crippen LogP contribution in [0.3, 0.4) is 0 Å². The van der Waals surface area contributed by atoms with E-state index in [2.05, 4.69) is 0 Å². The third kappa shape index (κ3) is 4.64. The monoisotopic (exact) mass is 242 g/mol. The van der Waals surface area contributed by atoms with E-state index in [4.69, 9.17) is 21.1 Å². The lowest BCUT2D eigenvalue weighted by atomic mass is 10.2. The van der Waals surface area contributed by atoms with E-state index in [-0.39, 0.29) is 0 Å². The molecule has 4 heteroatoms. The molecule has 1 aromatic rings. The van der Waals surface area contributed by atoms with Crippen molar-refractivity contribution in [1.82, 2.24) is 0 Å². The zero-order valence-corrected chi connectivity index (χ0v) is 10.00. The van der Waals surface area contributed by atoms with Crippen LogP contribution in [0.5, 0.6) is 5.75 Å². The summed E-state index contributed by atoms with van der Waals surface area (Å²) in [7, 11) is 1.57. The van der Waals surface area contributed by atoms with Crippen molar-refractivity contribution < 1.29 is 14.3 Å². The average Bonchev–Trinajstić information content (AvgIpc) is 2.88. The Balaban J connectivity index is 0.000000212. The van der Waals surface area contributed by atoms with Crippen molar-refractivity contribution in [1.29, 1.82) is 0 Å². The second-order valence-electron chi connectivity index (χ2n) is 3.32. The van der Waals surface area contributed by atoms with Gasteiger partial charge in [-0.1, -0.05) is 0 Å². The molecule has 0 atom stereocenters. The molecule has 0 aliphatic carbocycles. The van der Waals surface area contributed by atoms with E-state index in [1.807, 2.05) is 0 Å². The summed E-state index contributed by atoms with van der Waals surface area (Å²) in [6, 6.07) is 6.62. The molecule has 0 unspecified atom stereocenters. The average molecular weight is 243 g/mol. The molecule has 0 bridgehead atoms. The van der Waals surface area contributed by atoms with Crippen LogP contribution in [-0.2, 0) is 4.74 Å². The number of hydrogen-bond acceptors (Lipinski definition) is 3. The Kier molecular flexibility index (Phi) is 5.90. The molecule has 0 saturated carbocycles. The molecule has 1 aliphatic rings. The minimum absolute atomic E-state index is 0.451. The zero-order valence-electron chi connectivity index (χ0n) is 9.24. The van der Waals surface area contributed by atoms with Crippen LogP contribution < -0.4 is 4.74 Å². The van der Waals surface area contributed by atoms with Gasteiger partial charge in [-0.15, -0.1) is 0 Å². The third-order valence-electron chi connectivity index (χ3n) is 2.14. The fraction of sp³-hybridized carbons (Fsp3) is 0.417. The highest BCUT2D eigenvalue weighted by Gasteiger charge is 1.99. The van der Waals surface area contributed by atoms with Crippen LogP contribution >= 0.6 is 11.6 Å². The van der Waals surface area contributed by atoms with Crippen molar-refractivity contribution >= 4 is 16.8 Å². The molecule has 0 radical (unpaired) electrons. The number of methoxy groups -OCH3 is 1. The smallest absolute Gasteiger partial charge is 0.252 e. The Labute approximate surface area is 100 Å². The van der Waals surface area contributed by atoms with Crippen molar-refractivity contribution in [2.75, 3.05) is 20.3 Å². The first-order valence-electron chi connectivity index (χ1n) is 5.15. The molecule has 0 amide bonds. The highest BCUT2D eigenvalue weighted by Crippen LogP contribution is 2.12. The van der Waals surface area contributed by atoms with Crippen LogP contribution in [-0.4, -0.2) is 25.6 Å². The molecule has 0 N–H and O–H groups in total. The van der Waals surface area contributed by atoms with Gasteiger partial charge in [0.05, 0.1) is 7.11 Å². The molecule has 16 heavy (non-hydrogen) atoms. The number of carbonyl (C=O) groups excluding carboxylic acids is 1. The first kappa shape index (κ1) is 13.0. The molecule has 1 aliphatic heterocycles. The Hall–Kier alpha value is -1.06. The predicted molar refractivity (Wildman–Crippen MR) is 63.2 cm³/mol. The molecular formula is C12H15ClO3. The zero-order chi connectivity index (χ0) is 11.8. The van der Waals surface area contributed by atoms with Crippen molar-refractivity contribution in [3.63, 3.8) is 0 Å². The van der Waals surface area contributed by atoms with Gasteiger partial charge in [-0.05, 0) is 48.7 Å². The largest absolute Gasteiger partial charge is 0.497 e. The summed E-state index contributed by atoms with van der Waals surface area (Å²) >= 11 is 5.22. The number of rotatable bonds is 2. The van der Waals surface area contributed by atoms with E-state index >= 15 is 0 Å². The molecule has 1 heterocycles. The summed E-state index contributed by atoms with van der Waals surface area (Å²) in [6.45, 7) is 2.00. The van der Waals surface area contributed by atoms with Gasteiger partial charge in [-0.3, -0.25) is 4.79 Å². The normalized spacial score (nSPS) is 13.9. The fourth-order valence-electron chi connectivity index (χ4n) is 1.23. The molecule has 2 rings (SSSR count). The number of hydrogen-bond donors (Lipinski definition) is 0. The van der Waals surface area contributed by atoms with Crippen molar-refractivity contribution in [3.8, 4) is 5.75 Å². The Morgan fingerprint density at radius 3 is 2.12 bits per heavy atom. The van der Waals surface area contributed by atoms with E-state index in [9.17, 15) is 4.79 Å². The maximum Gasteiger partial charge on any atom is 0.252 e. The number of carbonyl (C=O) groups is 1. The first-order chi connectivity index (χ1) is 7.74. The molecule has 1 saturated heterocycles. The summed E-state index contributed by atoms with van der Waals surface area (Å²) in [5.41, 5.74) is 0.479. The third-order valence-corrected chi connectivity index (χ3v) is 2.36. The quantitative estimate of drug-likeness (QED) is 0.748. The molecule has 1 fully saturated rings. The second-order valence-corrected chi connectivity index (χ2v) is 3.66. The van der Waals surface area contributed by atoms with Crippen molar-refractivity contribution in [2.24, 2.45) is 0 Å². The van der Waals surface area contributed by atoms with Gasteiger partial charge in [0.15, 0.2) is 0 Å². The SMILES string of the molecule is C1CCOC1.COc1ccc(C(=O)Cl)cc1. The van der Waals surface area contributed by atoms with Gasteiger partial charge in [-0.25, -0.2) is 0 Å². The second kappa shape index (κ2) is 7.25. The Bertz CT molecular complexity index is 310. The maximum atomic E-state index is 10.6. The van der Waals surface area contributed by atoms with Gasteiger partial charge >= 0.3 is 0 Å². The highest BCUT2D eigenvalue weighted by molar-refractivity contribution is 6.67. The standard InChI is InChI=1S/C8H7ClO2.C4H8O/c1-11-7-4-2-6(3-5-7)8(9)10;1-2-4-5-3-1/h2-5H,1H3;1-4H2. The maximum absolute atomic E-state index is 10.6. The van der Waals surface area contributed by atoms with Gasteiger partial charge < -0.3 is 9.47 Å². The molecule has 88 valence electrons. The van der Waals surface area contributed by atoms with Gasteiger partial charge in [0.2, 0.25) is 0 Å². The van der Waals surface area contributed by atoms with Crippen molar-refractivity contribution in [3.05, 3.63) is 29.8 Å². The van der Waals surface area contributed by atoms with Crippen LogP contribution in [0.4, 0.5) is 0 Å². The lowest BCUT2D eigenvalue weighted by Gasteiger charge is -1.98. The highest BCUT2D eigenvalue weighted by atomic mass is 35.5. The minimum atomic E-state index is -0.451. The van der Waals surface area contributed by atoms with E-state index in [0.29, 0.717) is 11.3 Å². The molecule has 0 spiro atoms. The molecule has 0 aromatic heterocycles. The van der Waals surface area contributed by atoms with Gasteiger partial charge in [0.1, 0.15) is 5.75 Å². The number of benzene rings is 1. The lowest BCUT2D eigenvalue weighted by molar-refractivity contribution is 0.108. The topological polar surface area (TPSA) is 35.5 Å². The summed E-state index contributed by atoms with van der Waals surface area (Å²) in [6.07, 6.45) is 2.56. The first-order valence-corrected chi connectivity index (χ1v) is 5.53. The summed E-state index contributed by atoms with van der Waals surface area (Å²) in [5, 5.41) is -0.451. The fourth-order valence-corrected chi connectivity index (χ4v) is 1.36. The van der Waals surface area contributed by atoms with Crippen LogP contribution in [0, 0.1) is 0 Å². The number of ether oxygens (including phenoxy) is 2. The van der Waals surface area contributed by atoms with Crippen LogP contribution in [0.25, 0.3) is 0 Å². The molecule has 1 aromatic carbocycles. The molecular weight excluding hydrogens is 228 g/mol. The van der Waals surface area contributed by atoms with Gasteiger partial charge in [-0.2, -0.15) is 0 Å². The van der Waals surface area contributed by atoms with E-state index in [1.54, 1.807) is 31.4 Å². The predicted octanol–water partition coefficient (Wildman–Crippen LogP) is 2.87. The van der Waals surface area contributed by atoms with Gasteiger partial charge in [0, 0.05) is 18.8 Å². The van der Waals surface area contributed by atoms with Crippen LogP contribution in [0.2, 0.25) is 0 Å². The Morgan fingerprint density at radius 2 is 1.81 bits per heavy atom. The summed E-state index contributed by atoms with van der Waals surface area (Å²) in [4.78, 5) is 10.6. The van der Waals surface area contributed by atoms with Crippen LogP contribution in [0.15, 0.2) is 24.3 Å². The van der Waals surface area contributed by atoms with E-state index < -0.39 is 5.24 Å². The lowest BCUT2D eigenvalue weighted by Crippen LogP contribution is -1.88. The van der Waals surface area contributed by atoms with Crippen LogP contribution in [0.1, 0.15) is 23.2 Å². The molecule has 3 nitrogen and oxygen atoms in total. The van der Waals surface area contributed by atoms with E-state index in [0.717, 1.165) is 13.2 Å². The van der Waals surface area contributed by atoms with Gasteiger partial charge in [0.25, 0.3) is 5.24 Å².